The van der Waals surface area contributed by atoms with Gasteiger partial charge >= 0.3 is 0 Å². The number of hydrogen-bond acceptors (Lipinski definition) is 6. The Labute approximate surface area is 203 Å². The lowest BCUT2D eigenvalue weighted by molar-refractivity contribution is -0.133. The van der Waals surface area contributed by atoms with E-state index in [0.717, 1.165) is 55.2 Å². The molecule has 0 saturated carbocycles. The molecule has 1 aliphatic carbocycles. The summed E-state index contributed by atoms with van der Waals surface area (Å²) in [4.78, 5) is 29.5. The average molecular weight is 485 g/mol. The van der Waals surface area contributed by atoms with Crippen LogP contribution in [0.25, 0.3) is 10.2 Å². The van der Waals surface area contributed by atoms with Crippen LogP contribution in [0.1, 0.15) is 42.5 Å². The molecule has 1 amide bonds. The Morgan fingerprint density at radius 2 is 1.85 bits per heavy atom. The van der Waals surface area contributed by atoms with Gasteiger partial charge in [0.25, 0.3) is 5.91 Å². The summed E-state index contributed by atoms with van der Waals surface area (Å²) in [5.41, 5.74) is 1.47. The van der Waals surface area contributed by atoms with Crippen LogP contribution in [0.4, 0.5) is 5.82 Å². The molecule has 0 bridgehead atoms. The lowest BCUT2D eigenvalue weighted by Crippen LogP contribution is -2.50. The molecule has 0 unspecified atom stereocenters. The minimum atomic E-state index is 0.0111. The van der Waals surface area contributed by atoms with Crippen molar-refractivity contribution in [3.05, 3.63) is 45.6 Å². The number of piperazine rings is 1. The highest BCUT2D eigenvalue weighted by Gasteiger charge is 2.27. The van der Waals surface area contributed by atoms with Crippen LogP contribution in [0, 0.1) is 0 Å². The SMILES string of the molecule is CCCc1nc(N2CCN(C(=O)COc3ccc(Cl)cc3)CC2)c2c3c(sc2n1)CCCC3. The predicted molar refractivity (Wildman–Crippen MR) is 134 cm³/mol. The molecule has 1 saturated heterocycles. The summed E-state index contributed by atoms with van der Waals surface area (Å²) in [6.45, 7) is 5.10. The number of nitrogens with zero attached hydrogens (tertiary/aromatic N) is 4. The van der Waals surface area contributed by atoms with Gasteiger partial charge in [-0.3, -0.25) is 4.79 Å². The number of carbonyl (C=O) groups is 1. The fourth-order valence-electron chi connectivity index (χ4n) is 4.68. The fourth-order valence-corrected chi connectivity index (χ4v) is 6.08. The molecule has 6 nitrogen and oxygen atoms in total. The monoisotopic (exact) mass is 484 g/mol. The largest absolute Gasteiger partial charge is 0.484 e. The Morgan fingerprint density at radius 1 is 1.09 bits per heavy atom. The topological polar surface area (TPSA) is 58.6 Å². The third-order valence-corrected chi connectivity index (χ3v) is 7.86. The zero-order chi connectivity index (χ0) is 22.8. The molecule has 1 fully saturated rings. The Morgan fingerprint density at radius 3 is 2.61 bits per heavy atom. The van der Waals surface area contributed by atoms with Gasteiger partial charge in [-0.2, -0.15) is 0 Å². The van der Waals surface area contributed by atoms with Crippen LogP contribution < -0.4 is 9.64 Å². The van der Waals surface area contributed by atoms with Crippen LogP contribution in [0.5, 0.6) is 5.75 Å². The van der Waals surface area contributed by atoms with Crippen molar-refractivity contribution >= 4 is 44.9 Å². The summed E-state index contributed by atoms with van der Waals surface area (Å²) in [6.07, 6.45) is 6.72. The second kappa shape index (κ2) is 9.85. The molecule has 0 spiro atoms. The van der Waals surface area contributed by atoms with Crippen molar-refractivity contribution in [1.82, 2.24) is 14.9 Å². The molecule has 8 heteroatoms. The summed E-state index contributed by atoms with van der Waals surface area (Å²) in [5.74, 6) is 2.68. The summed E-state index contributed by atoms with van der Waals surface area (Å²) < 4.78 is 5.66. The number of rotatable bonds is 6. The number of fused-ring (bicyclic) bond motifs is 3. The van der Waals surface area contributed by atoms with Crippen molar-refractivity contribution in [2.45, 2.75) is 45.4 Å². The first kappa shape index (κ1) is 22.4. The van der Waals surface area contributed by atoms with Gasteiger partial charge in [0.05, 0.1) is 5.39 Å². The van der Waals surface area contributed by atoms with E-state index >= 15 is 0 Å². The highest BCUT2D eigenvalue weighted by atomic mass is 35.5. The molecule has 3 aromatic rings. The van der Waals surface area contributed by atoms with Crippen molar-refractivity contribution in [3.63, 3.8) is 0 Å². The molecule has 2 aliphatic rings. The van der Waals surface area contributed by atoms with Crippen molar-refractivity contribution in [2.24, 2.45) is 0 Å². The van der Waals surface area contributed by atoms with Crippen LogP contribution in [0.3, 0.4) is 0 Å². The van der Waals surface area contributed by atoms with Crippen LogP contribution in [-0.4, -0.2) is 53.6 Å². The van der Waals surface area contributed by atoms with E-state index < -0.39 is 0 Å². The van der Waals surface area contributed by atoms with Crippen LogP contribution >= 0.6 is 22.9 Å². The maximum Gasteiger partial charge on any atom is 0.260 e. The van der Waals surface area contributed by atoms with Crippen molar-refractivity contribution in [1.29, 1.82) is 0 Å². The van der Waals surface area contributed by atoms with Crippen molar-refractivity contribution in [3.8, 4) is 5.75 Å². The van der Waals surface area contributed by atoms with Gasteiger partial charge in [0.15, 0.2) is 6.61 Å². The first-order valence-corrected chi connectivity index (χ1v) is 13.0. The first-order valence-electron chi connectivity index (χ1n) is 11.8. The van der Waals surface area contributed by atoms with Gasteiger partial charge in [0, 0.05) is 42.5 Å². The maximum atomic E-state index is 12.7. The minimum Gasteiger partial charge on any atom is -0.484 e. The fraction of sp³-hybridized carbons (Fsp3) is 0.480. The number of amides is 1. The van der Waals surface area contributed by atoms with Gasteiger partial charge in [0.2, 0.25) is 0 Å². The first-order chi connectivity index (χ1) is 16.1. The molecule has 0 radical (unpaired) electrons. The molecule has 174 valence electrons. The highest BCUT2D eigenvalue weighted by molar-refractivity contribution is 7.19. The van der Waals surface area contributed by atoms with Gasteiger partial charge in [-0.05, 0) is 61.9 Å². The molecule has 0 N–H and O–H groups in total. The molecular formula is C25H29ClN4O2S. The highest BCUT2D eigenvalue weighted by Crippen LogP contribution is 2.40. The van der Waals surface area contributed by atoms with Crippen LogP contribution in [0.2, 0.25) is 5.02 Å². The second-order valence-corrected chi connectivity index (χ2v) is 10.2. The average Bonchev–Trinajstić information content (AvgIpc) is 3.22. The number of thiophene rings is 1. The predicted octanol–water partition coefficient (Wildman–Crippen LogP) is 4.90. The summed E-state index contributed by atoms with van der Waals surface area (Å²) in [7, 11) is 0. The number of ether oxygens (including phenoxy) is 1. The number of carbonyl (C=O) groups excluding carboxylic acids is 1. The van der Waals surface area contributed by atoms with E-state index in [1.54, 1.807) is 24.3 Å². The van der Waals surface area contributed by atoms with E-state index in [9.17, 15) is 4.79 Å². The normalized spacial score (nSPS) is 16.2. The zero-order valence-corrected chi connectivity index (χ0v) is 20.6. The molecule has 33 heavy (non-hydrogen) atoms. The number of aromatic nitrogens is 2. The smallest absolute Gasteiger partial charge is 0.260 e. The van der Waals surface area contributed by atoms with E-state index in [1.807, 2.05) is 16.2 Å². The second-order valence-electron chi connectivity index (χ2n) is 8.71. The third-order valence-electron chi connectivity index (χ3n) is 6.42. The number of benzene rings is 1. The molecule has 1 aromatic carbocycles. The molecule has 1 aliphatic heterocycles. The zero-order valence-electron chi connectivity index (χ0n) is 19.0. The molecule has 0 atom stereocenters. The Bertz CT molecular complexity index is 1140. The molecule has 3 heterocycles. The van der Waals surface area contributed by atoms with Gasteiger partial charge in [-0.15, -0.1) is 11.3 Å². The summed E-state index contributed by atoms with van der Waals surface area (Å²) in [5, 5.41) is 1.91. The van der Waals surface area contributed by atoms with E-state index in [1.165, 1.54) is 28.7 Å². The minimum absolute atomic E-state index is 0.0111. The van der Waals surface area contributed by atoms with Gasteiger partial charge in [-0.25, -0.2) is 9.97 Å². The van der Waals surface area contributed by atoms with Crippen molar-refractivity contribution < 1.29 is 9.53 Å². The van der Waals surface area contributed by atoms with E-state index in [2.05, 4.69) is 11.8 Å². The molecule has 5 rings (SSSR count). The quantitative estimate of drug-likeness (QED) is 0.498. The van der Waals surface area contributed by atoms with Gasteiger partial charge in [0.1, 0.15) is 22.2 Å². The lowest BCUT2D eigenvalue weighted by Gasteiger charge is -2.36. The Balaban J connectivity index is 1.30. The number of aryl methyl sites for hydroxylation is 3. The van der Waals surface area contributed by atoms with Gasteiger partial charge in [-0.1, -0.05) is 18.5 Å². The van der Waals surface area contributed by atoms with Crippen molar-refractivity contribution in [2.75, 3.05) is 37.7 Å². The van der Waals surface area contributed by atoms with Crippen LogP contribution in [0.15, 0.2) is 24.3 Å². The summed E-state index contributed by atoms with van der Waals surface area (Å²) >= 11 is 7.77. The molecule has 2 aromatic heterocycles. The Hall–Kier alpha value is -2.38. The van der Waals surface area contributed by atoms with Crippen LogP contribution in [-0.2, 0) is 24.1 Å². The molecular weight excluding hydrogens is 456 g/mol. The number of anilines is 1. The lowest BCUT2D eigenvalue weighted by atomic mass is 9.97. The summed E-state index contributed by atoms with van der Waals surface area (Å²) in [6, 6.07) is 7.09. The maximum absolute atomic E-state index is 12.7. The standard InChI is InChI=1S/C25H29ClN4O2S/c1-2-5-21-27-24(23-19-6-3-4-7-20(19)33-25(23)28-21)30-14-12-29(13-15-30)22(31)16-32-18-10-8-17(26)9-11-18/h8-11H,2-7,12-16H2,1H3. The number of hydrogen-bond donors (Lipinski definition) is 0. The third kappa shape index (κ3) is 4.80. The Kier molecular flexibility index (Phi) is 6.69. The van der Waals surface area contributed by atoms with Gasteiger partial charge < -0.3 is 14.5 Å². The van der Waals surface area contributed by atoms with E-state index in [4.69, 9.17) is 26.3 Å². The van der Waals surface area contributed by atoms with E-state index in [-0.39, 0.29) is 12.5 Å². The van der Waals surface area contributed by atoms with E-state index in [0.29, 0.717) is 23.9 Å². The number of halogens is 1.